The van der Waals surface area contributed by atoms with E-state index in [2.05, 4.69) is 15.3 Å². The molecular weight excluding hydrogens is 385 g/mol. The Labute approximate surface area is 167 Å². The molecule has 0 atom stereocenters. The molecule has 1 N–H and O–H groups in total. The zero-order valence-corrected chi connectivity index (χ0v) is 16.4. The number of halogens is 2. The molecule has 0 radical (unpaired) electrons. The first-order chi connectivity index (χ1) is 13.0. The van der Waals surface area contributed by atoms with Crippen LogP contribution >= 0.6 is 23.2 Å². The van der Waals surface area contributed by atoms with Crippen molar-refractivity contribution in [3.8, 4) is 0 Å². The van der Waals surface area contributed by atoms with Crippen molar-refractivity contribution in [2.24, 2.45) is 7.05 Å². The van der Waals surface area contributed by atoms with Gasteiger partial charge in [0.25, 0.3) is 5.91 Å². The van der Waals surface area contributed by atoms with Crippen LogP contribution in [0.25, 0.3) is 11.0 Å². The van der Waals surface area contributed by atoms with Crippen LogP contribution in [0.15, 0.2) is 30.7 Å². The number of aryl methyl sites for hydroxylation is 1. The average Bonchev–Trinajstić information content (AvgIpc) is 3.07. The highest BCUT2D eigenvalue weighted by atomic mass is 35.5. The van der Waals surface area contributed by atoms with Crippen LogP contribution in [-0.2, 0) is 7.05 Å². The summed E-state index contributed by atoms with van der Waals surface area (Å²) in [5.74, 6) is 0.553. The summed E-state index contributed by atoms with van der Waals surface area (Å²) in [5.41, 5.74) is 2.63. The van der Waals surface area contributed by atoms with Crippen molar-refractivity contribution < 1.29 is 4.79 Å². The molecule has 0 aliphatic carbocycles. The van der Waals surface area contributed by atoms with E-state index in [9.17, 15) is 4.79 Å². The van der Waals surface area contributed by atoms with Crippen LogP contribution in [0.5, 0.6) is 0 Å². The molecule has 2 aromatic heterocycles. The standard InChI is InChI=1S/C19H19Cl2N5O/c1-25-11-23-16-17(25)13(19(27)26-7-3-2-4-8-26)10-22-18(16)24-15-6-5-12(20)9-14(15)21/h5-6,9-11H,2-4,7-8H2,1H3,(H,22,24). The van der Waals surface area contributed by atoms with E-state index in [0.29, 0.717) is 32.6 Å². The molecule has 0 saturated carbocycles. The number of amides is 1. The van der Waals surface area contributed by atoms with Crippen molar-refractivity contribution in [3.05, 3.63) is 46.3 Å². The van der Waals surface area contributed by atoms with Gasteiger partial charge >= 0.3 is 0 Å². The number of nitrogens with one attached hydrogen (secondary N) is 1. The van der Waals surface area contributed by atoms with Crippen molar-refractivity contribution >= 4 is 51.6 Å². The third-order valence-corrected chi connectivity index (χ3v) is 5.34. The highest BCUT2D eigenvalue weighted by Crippen LogP contribution is 2.31. The van der Waals surface area contributed by atoms with Crippen LogP contribution in [0.3, 0.4) is 0 Å². The second kappa shape index (κ2) is 7.37. The number of anilines is 2. The number of rotatable bonds is 3. The number of benzene rings is 1. The molecule has 3 aromatic rings. The first kappa shape index (κ1) is 18.1. The minimum atomic E-state index is 0.00637. The first-order valence-corrected chi connectivity index (χ1v) is 9.61. The van der Waals surface area contributed by atoms with Gasteiger partial charge in [-0.2, -0.15) is 0 Å². The van der Waals surface area contributed by atoms with Gasteiger partial charge in [-0.05, 0) is 37.5 Å². The predicted octanol–water partition coefficient (Wildman–Crippen LogP) is 4.64. The van der Waals surface area contributed by atoms with E-state index in [4.69, 9.17) is 23.2 Å². The van der Waals surface area contributed by atoms with Gasteiger partial charge < -0.3 is 14.8 Å². The SMILES string of the molecule is Cn1cnc2c(Nc3ccc(Cl)cc3Cl)ncc(C(=O)N3CCCCC3)c21. The van der Waals surface area contributed by atoms with Gasteiger partial charge in [-0.15, -0.1) is 0 Å². The Morgan fingerprint density at radius 3 is 2.67 bits per heavy atom. The van der Waals surface area contributed by atoms with Gasteiger partial charge in [0.15, 0.2) is 5.82 Å². The van der Waals surface area contributed by atoms with E-state index in [1.807, 2.05) is 16.5 Å². The van der Waals surface area contributed by atoms with Crippen LogP contribution in [0.4, 0.5) is 11.5 Å². The van der Waals surface area contributed by atoms with E-state index < -0.39 is 0 Å². The van der Waals surface area contributed by atoms with E-state index in [-0.39, 0.29) is 5.91 Å². The number of carbonyl (C=O) groups excluding carboxylic acids is 1. The van der Waals surface area contributed by atoms with Crippen LogP contribution in [0, 0.1) is 0 Å². The van der Waals surface area contributed by atoms with Crippen molar-refractivity contribution in [3.63, 3.8) is 0 Å². The van der Waals surface area contributed by atoms with Crippen LogP contribution in [0.2, 0.25) is 10.0 Å². The van der Waals surface area contributed by atoms with Gasteiger partial charge in [0, 0.05) is 31.4 Å². The molecule has 1 aliphatic heterocycles. The summed E-state index contributed by atoms with van der Waals surface area (Å²) in [6, 6.07) is 5.20. The second-order valence-electron chi connectivity index (χ2n) is 6.68. The Morgan fingerprint density at radius 2 is 1.93 bits per heavy atom. The normalized spacial score (nSPS) is 14.6. The van der Waals surface area contributed by atoms with E-state index in [1.54, 1.807) is 30.7 Å². The molecule has 0 unspecified atom stereocenters. The number of aromatic nitrogens is 3. The summed E-state index contributed by atoms with van der Waals surface area (Å²) in [6.07, 6.45) is 6.57. The molecule has 3 heterocycles. The summed E-state index contributed by atoms with van der Waals surface area (Å²) in [7, 11) is 1.88. The van der Waals surface area contributed by atoms with Gasteiger partial charge in [0.1, 0.15) is 5.52 Å². The van der Waals surface area contributed by atoms with Gasteiger partial charge in [-0.3, -0.25) is 4.79 Å². The number of piperidine rings is 1. The zero-order chi connectivity index (χ0) is 19.0. The molecule has 27 heavy (non-hydrogen) atoms. The van der Waals surface area contributed by atoms with Crippen LogP contribution in [0.1, 0.15) is 29.6 Å². The third-order valence-electron chi connectivity index (χ3n) is 4.80. The van der Waals surface area contributed by atoms with Gasteiger partial charge in [-0.1, -0.05) is 23.2 Å². The fraction of sp³-hybridized carbons (Fsp3) is 0.316. The maximum atomic E-state index is 13.0. The number of carbonyl (C=O) groups is 1. The number of hydrogen-bond acceptors (Lipinski definition) is 4. The van der Waals surface area contributed by atoms with Crippen LogP contribution < -0.4 is 5.32 Å². The molecule has 1 aromatic carbocycles. The summed E-state index contributed by atoms with van der Waals surface area (Å²) < 4.78 is 1.85. The van der Waals surface area contributed by atoms with Gasteiger partial charge in [-0.25, -0.2) is 9.97 Å². The van der Waals surface area contributed by atoms with Gasteiger partial charge in [0.2, 0.25) is 0 Å². The molecule has 0 spiro atoms. The Morgan fingerprint density at radius 1 is 1.15 bits per heavy atom. The maximum Gasteiger partial charge on any atom is 0.257 e. The number of hydrogen-bond donors (Lipinski definition) is 1. The Balaban J connectivity index is 1.73. The Hall–Kier alpha value is -2.31. The fourth-order valence-electron chi connectivity index (χ4n) is 3.41. The average molecular weight is 404 g/mol. The molecule has 1 saturated heterocycles. The lowest BCUT2D eigenvalue weighted by atomic mass is 10.1. The monoisotopic (exact) mass is 403 g/mol. The smallest absolute Gasteiger partial charge is 0.257 e. The predicted molar refractivity (Wildman–Crippen MR) is 108 cm³/mol. The summed E-state index contributed by atoms with van der Waals surface area (Å²) >= 11 is 12.2. The molecule has 0 bridgehead atoms. The van der Waals surface area contributed by atoms with Crippen molar-refractivity contribution in [2.75, 3.05) is 18.4 Å². The zero-order valence-electron chi connectivity index (χ0n) is 14.9. The van der Waals surface area contributed by atoms with E-state index in [1.165, 1.54) is 6.42 Å². The summed E-state index contributed by atoms with van der Waals surface area (Å²) in [5, 5.41) is 4.25. The molecule has 140 valence electrons. The summed E-state index contributed by atoms with van der Waals surface area (Å²) in [6.45, 7) is 1.58. The van der Waals surface area contributed by atoms with E-state index >= 15 is 0 Å². The van der Waals surface area contributed by atoms with Gasteiger partial charge in [0.05, 0.1) is 28.1 Å². The number of nitrogens with zero attached hydrogens (tertiary/aromatic N) is 4. The third kappa shape index (κ3) is 3.47. The second-order valence-corrected chi connectivity index (χ2v) is 7.52. The maximum absolute atomic E-state index is 13.0. The minimum Gasteiger partial charge on any atom is -0.339 e. The molecule has 1 aliphatic rings. The molecule has 1 fully saturated rings. The minimum absolute atomic E-state index is 0.00637. The molecular formula is C19H19Cl2N5O. The van der Waals surface area contributed by atoms with Crippen molar-refractivity contribution in [1.82, 2.24) is 19.4 Å². The molecule has 1 amide bonds. The lowest BCUT2D eigenvalue weighted by Crippen LogP contribution is -2.35. The van der Waals surface area contributed by atoms with Crippen LogP contribution in [-0.4, -0.2) is 38.4 Å². The first-order valence-electron chi connectivity index (χ1n) is 8.86. The topological polar surface area (TPSA) is 63.1 Å². The highest BCUT2D eigenvalue weighted by Gasteiger charge is 2.23. The Kier molecular flexibility index (Phi) is 4.93. The highest BCUT2D eigenvalue weighted by molar-refractivity contribution is 6.36. The Bertz CT molecular complexity index is 1010. The van der Waals surface area contributed by atoms with Crippen molar-refractivity contribution in [2.45, 2.75) is 19.3 Å². The number of imidazole rings is 1. The quantitative estimate of drug-likeness (QED) is 0.691. The number of pyridine rings is 1. The molecule has 6 nitrogen and oxygen atoms in total. The molecule has 8 heteroatoms. The largest absolute Gasteiger partial charge is 0.339 e. The lowest BCUT2D eigenvalue weighted by molar-refractivity contribution is 0.0725. The number of likely N-dealkylation sites (tertiary alicyclic amines) is 1. The molecule has 4 rings (SSSR count). The number of fused-ring (bicyclic) bond motifs is 1. The lowest BCUT2D eigenvalue weighted by Gasteiger charge is -2.27. The van der Waals surface area contributed by atoms with Crippen molar-refractivity contribution in [1.29, 1.82) is 0 Å². The summed E-state index contributed by atoms with van der Waals surface area (Å²) in [4.78, 5) is 23.8. The van der Waals surface area contributed by atoms with E-state index in [0.717, 1.165) is 31.4 Å². The fourth-order valence-corrected chi connectivity index (χ4v) is 3.86.